The summed E-state index contributed by atoms with van der Waals surface area (Å²) >= 11 is 1.56. The third kappa shape index (κ3) is 4.28. The third-order valence-electron chi connectivity index (χ3n) is 3.90. The minimum atomic E-state index is -0.0693. The van der Waals surface area contributed by atoms with Gasteiger partial charge in [0.25, 0.3) is 5.91 Å². The summed E-state index contributed by atoms with van der Waals surface area (Å²) in [4.78, 5) is 14.4. The van der Waals surface area contributed by atoms with Gasteiger partial charge in [0.2, 0.25) is 0 Å². The highest BCUT2D eigenvalue weighted by Crippen LogP contribution is 2.26. The number of thiophene rings is 1. The largest absolute Gasteiger partial charge is 0.457 e. The minimum Gasteiger partial charge on any atom is -0.457 e. The van der Waals surface area contributed by atoms with Crippen molar-refractivity contribution >= 4 is 22.9 Å². The van der Waals surface area contributed by atoms with E-state index in [4.69, 9.17) is 4.74 Å². The highest BCUT2D eigenvalue weighted by atomic mass is 32.1. The summed E-state index contributed by atoms with van der Waals surface area (Å²) in [5, 5.41) is 2.94. The highest BCUT2D eigenvalue weighted by Gasteiger charge is 2.12. The molecule has 0 atom stereocenters. The van der Waals surface area contributed by atoms with E-state index >= 15 is 0 Å². The Kier molecular flexibility index (Phi) is 5.19. The topological polar surface area (TPSA) is 38.3 Å². The first-order chi connectivity index (χ1) is 12.0. The van der Waals surface area contributed by atoms with Crippen LogP contribution in [0.1, 0.15) is 32.6 Å². The Morgan fingerprint density at radius 3 is 2.44 bits per heavy atom. The summed E-state index contributed by atoms with van der Waals surface area (Å²) in [6, 6.07) is 17.3. The number of amides is 1. The molecule has 0 bridgehead atoms. The van der Waals surface area contributed by atoms with Gasteiger partial charge in [-0.1, -0.05) is 19.1 Å². The summed E-state index contributed by atoms with van der Waals surface area (Å²) in [6.45, 7) is 6.18. The van der Waals surface area contributed by atoms with Gasteiger partial charge in [0.1, 0.15) is 11.5 Å². The summed E-state index contributed by atoms with van der Waals surface area (Å²) < 4.78 is 5.83. The average molecular weight is 351 g/mol. The lowest BCUT2D eigenvalue weighted by Gasteiger charge is -2.08. The van der Waals surface area contributed by atoms with Gasteiger partial charge in [-0.25, -0.2) is 0 Å². The van der Waals surface area contributed by atoms with Crippen LogP contribution in [-0.2, 0) is 6.42 Å². The van der Waals surface area contributed by atoms with E-state index in [2.05, 4.69) is 12.2 Å². The van der Waals surface area contributed by atoms with Crippen molar-refractivity contribution in [2.24, 2.45) is 0 Å². The van der Waals surface area contributed by atoms with E-state index < -0.39 is 0 Å². The molecule has 0 saturated heterocycles. The Morgan fingerprint density at radius 1 is 1.04 bits per heavy atom. The Bertz CT molecular complexity index is 881. The molecule has 3 nitrogen and oxygen atoms in total. The highest BCUT2D eigenvalue weighted by molar-refractivity contribution is 7.14. The number of carbonyl (C=O) groups is 1. The van der Waals surface area contributed by atoms with Crippen molar-refractivity contribution in [1.29, 1.82) is 0 Å². The lowest BCUT2D eigenvalue weighted by molar-refractivity contribution is 0.103. The predicted molar refractivity (Wildman–Crippen MR) is 104 cm³/mol. The number of nitrogens with one attached hydrogen (secondary N) is 1. The van der Waals surface area contributed by atoms with Gasteiger partial charge in [-0.05, 0) is 73.9 Å². The van der Waals surface area contributed by atoms with Gasteiger partial charge < -0.3 is 10.1 Å². The van der Waals surface area contributed by atoms with Crippen LogP contribution in [0.5, 0.6) is 11.5 Å². The van der Waals surface area contributed by atoms with Crippen molar-refractivity contribution in [2.45, 2.75) is 27.2 Å². The number of benzene rings is 2. The maximum atomic E-state index is 12.4. The molecule has 0 aliphatic heterocycles. The van der Waals surface area contributed by atoms with Crippen LogP contribution in [0.2, 0.25) is 0 Å². The van der Waals surface area contributed by atoms with E-state index in [-0.39, 0.29) is 5.91 Å². The van der Waals surface area contributed by atoms with Crippen LogP contribution in [0.15, 0.2) is 54.6 Å². The lowest BCUT2D eigenvalue weighted by Crippen LogP contribution is -2.09. The second kappa shape index (κ2) is 7.53. The maximum Gasteiger partial charge on any atom is 0.265 e. The molecule has 25 heavy (non-hydrogen) atoms. The fourth-order valence-electron chi connectivity index (χ4n) is 2.60. The average Bonchev–Trinajstić information content (AvgIpc) is 2.98. The first-order valence-electron chi connectivity index (χ1n) is 8.30. The Hall–Kier alpha value is -2.59. The van der Waals surface area contributed by atoms with Crippen molar-refractivity contribution in [3.63, 3.8) is 0 Å². The summed E-state index contributed by atoms with van der Waals surface area (Å²) in [5.74, 6) is 1.47. The van der Waals surface area contributed by atoms with Crippen molar-refractivity contribution in [3.05, 3.63) is 75.5 Å². The number of aryl methyl sites for hydroxylation is 3. The fraction of sp³-hybridized carbons (Fsp3) is 0.190. The van der Waals surface area contributed by atoms with E-state index in [1.54, 1.807) is 11.3 Å². The predicted octanol–water partition coefficient (Wildman–Crippen LogP) is 5.97. The van der Waals surface area contributed by atoms with Crippen molar-refractivity contribution in [3.8, 4) is 11.5 Å². The molecule has 2 aromatic carbocycles. The Labute approximate surface area is 152 Å². The van der Waals surface area contributed by atoms with Crippen LogP contribution in [0.25, 0.3) is 0 Å². The van der Waals surface area contributed by atoms with Gasteiger partial charge in [0.15, 0.2) is 0 Å². The maximum absolute atomic E-state index is 12.4. The van der Waals surface area contributed by atoms with Gasteiger partial charge in [0.05, 0.1) is 4.88 Å². The van der Waals surface area contributed by atoms with E-state index in [0.717, 1.165) is 34.0 Å². The number of ether oxygens (including phenoxy) is 1. The molecule has 0 saturated carbocycles. The number of anilines is 1. The van der Waals surface area contributed by atoms with Gasteiger partial charge in [-0.2, -0.15) is 0 Å². The van der Waals surface area contributed by atoms with E-state index in [1.807, 2.05) is 68.4 Å². The Balaban J connectivity index is 1.66. The molecular formula is C21H21NO2S. The third-order valence-corrected chi connectivity index (χ3v) is 5.28. The zero-order chi connectivity index (χ0) is 17.8. The second-order valence-corrected chi connectivity index (χ2v) is 7.10. The first-order valence-corrected chi connectivity index (χ1v) is 9.12. The standard InChI is InChI=1S/C21H21NO2S/c1-4-19-15(3)13-20(25-19)21(23)22-16-8-10-17(11-9-16)24-18-7-5-6-14(2)12-18/h5-13H,4H2,1-3H3,(H,22,23). The molecule has 0 aliphatic rings. The fourth-order valence-corrected chi connectivity index (χ4v) is 3.61. The van der Waals surface area contributed by atoms with Crippen LogP contribution in [0, 0.1) is 13.8 Å². The molecule has 0 radical (unpaired) electrons. The monoisotopic (exact) mass is 351 g/mol. The molecule has 3 rings (SSSR count). The number of hydrogen-bond acceptors (Lipinski definition) is 3. The summed E-state index contributed by atoms with van der Waals surface area (Å²) in [5.41, 5.74) is 3.09. The molecule has 0 fully saturated rings. The van der Waals surface area contributed by atoms with E-state index in [0.29, 0.717) is 0 Å². The second-order valence-electron chi connectivity index (χ2n) is 5.97. The molecule has 1 amide bonds. The zero-order valence-corrected chi connectivity index (χ0v) is 15.4. The minimum absolute atomic E-state index is 0.0693. The molecule has 1 heterocycles. The molecule has 0 spiro atoms. The van der Waals surface area contributed by atoms with Gasteiger partial charge in [-0.3, -0.25) is 4.79 Å². The quantitative estimate of drug-likeness (QED) is 0.615. The smallest absolute Gasteiger partial charge is 0.265 e. The lowest BCUT2D eigenvalue weighted by atomic mass is 10.2. The zero-order valence-electron chi connectivity index (χ0n) is 14.6. The summed E-state index contributed by atoms with van der Waals surface area (Å²) in [7, 11) is 0. The molecule has 0 aliphatic carbocycles. The first kappa shape index (κ1) is 17.2. The molecule has 3 aromatic rings. The van der Waals surface area contributed by atoms with Crippen molar-refractivity contribution < 1.29 is 9.53 Å². The van der Waals surface area contributed by atoms with Gasteiger partial charge in [0, 0.05) is 10.6 Å². The van der Waals surface area contributed by atoms with Crippen molar-refractivity contribution in [1.82, 2.24) is 0 Å². The summed E-state index contributed by atoms with van der Waals surface area (Å²) in [6.07, 6.45) is 0.953. The number of rotatable bonds is 5. The number of carbonyl (C=O) groups excluding carboxylic acids is 1. The Morgan fingerprint density at radius 2 is 1.80 bits per heavy atom. The van der Waals surface area contributed by atoms with E-state index in [1.165, 1.54) is 10.4 Å². The van der Waals surface area contributed by atoms with E-state index in [9.17, 15) is 4.79 Å². The number of hydrogen-bond donors (Lipinski definition) is 1. The molecule has 1 aromatic heterocycles. The van der Waals surface area contributed by atoms with Crippen LogP contribution >= 0.6 is 11.3 Å². The normalized spacial score (nSPS) is 10.5. The molecular weight excluding hydrogens is 330 g/mol. The van der Waals surface area contributed by atoms with Gasteiger partial charge >= 0.3 is 0 Å². The van der Waals surface area contributed by atoms with Crippen LogP contribution < -0.4 is 10.1 Å². The van der Waals surface area contributed by atoms with Crippen LogP contribution in [0.3, 0.4) is 0 Å². The molecule has 0 unspecified atom stereocenters. The van der Waals surface area contributed by atoms with Crippen LogP contribution in [-0.4, -0.2) is 5.91 Å². The molecule has 4 heteroatoms. The molecule has 1 N–H and O–H groups in total. The van der Waals surface area contributed by atoms with Crippen LogP contribution in [0.4, 0.5) is 5.69 Å². The van der Waals surface area contributed by atoms with Gasteiger partial charge in [-0.15, -0.1) is 11.3 Å². The van der Waals surface area contributed by atoms with Crippen molar-refractivity contribution in [2.75, 3.05) is 5.32 Å². The SMILES string of the molecule is CCc1sc(C(=O)Nc2ccc(Oc3cccc(C)c3)cc2)cc1C. The molecule has 128 valence electrons.